The average molecular weight is 420 g/mol. The molecule has 4 heterocycles. The summed E-state index contributed by atoms with van der Waals surface area (Å²) in [6.45, 7) is 4.00. The van der Waals surface area contributed by atoms with Crippen LogP contribution in [0.4, 0.5) is 0 Å². The van der Waals surface area contributed by atoms with E-state index >= 15 is 0 Å². The van der Waals surface area contributed by atoms with E-state index in [1.54, 1.807) is 20.5 Å². The largest absolute Gasteiger partial charge is 0.493 e. The van der Waals surface area contributed by atoms with Crippen LogP contribution in [-0.4, -0.2) is 40.3 Å². The number of furan rings is 1. The third-order valence-electron chi connectivity index (χ3n) is 5.84. The third-order valence-corrected chi connectivity index (χ3v) is 5.84. The van der Waals surface area contributed by atoms with E-state index < -0.39 is 0 Å². The second-order valence-corrected chi connectivity index (χ2v) is 7.75. The van der Waals surface area contributed by atoms with Crippen molar-refractivity contribution in [3.63, 3.8) is 0 Å². The van der Waals surface area contributed by atoms with Crippen LogP contribution in [0.5, 0.6) is 11.5 Å². The van der Waals surface area contributed by atoms with Crippen LogP contribution in [-0.2, 0) is 19.5 Å². The molecule has 3 aromatic heterocycles. The van der Waals surface area contributed by atoms with Crippen molar-refractivity contribution in [1.82, 2.24) is 19.5 Å². The Balaban J connectivity index is 1.44. The quantitative estimate of drug-likeness (QED) is 0.534. The van der Waals surface area contributed by atoms with Crippen LogP contribution >= 0.6 is 0 Å². The summed E-state index contributed by atoms with van der Waals surface area (Å²) in [7, 11) is 3.26. The van der Waals surface area contributed by atoms with Crippen molar-refractivity contribution in [3.8, 4) is 22.8 Å². The second-order valence-electron chi connectivity index (χ2n) is 7.75. The van der Waals surface area contributed by atoms with Gasteiger partial charge in [-0.15, -0.1) is 0 Å². The van der Waals surface area contributed by atoms with Gasteiger partial charge < -0.3 is 13.9 Å². The maximum Gasteiger partial charge on any atom is 0.277 e. The Kier molecular flexibility index (Phi) is 4.78. The molecule has 0 spiro atoms. The van der Waals surface area contributed by atoms with Gasteiger partial charge >= 0.3 is 0 Å². The van der Waals surface area contributed by atoms with E-state index in [1.807, 2.05) is 37.3 Å². The monoisotopic (exact) mass is 420 g/mol. The highest BCUT2D eigenvalue weighted by Crippen LogP contribution is 2.29. The van der Waals surface area contributed by atoms with Gasteiger partial charge in [0.15, 0.2) is 17.1 Å². The van der Waals surface area contributed by atoms with Crippen LogP contribution in [0.15, 0.2) is 45.8 Å². The number of methoxy groups -OCH3 is 2. The first-order chi connectivity index (χ1) is 15.1. The number of nitrogens with one attached hydrogen (secondary N) is 1. The number of benzene rings is 1. The van der Waals surface area contributed by atoms with Crippen molar-refractivity contribution >= 4 is 5.65 Å². The van der Waals surface area contributed by atoms with Gasteiger partial charge in [0.1, 0.15) is 5.76 Å². The summed E-state index contributed by atoms with van der Waals surface area (Å²) >= 11 is 0. The zero-order valence-corrected chi connectivity index (χ0v) is 17.8. The molecule has 8 heteroatoms. The molecule has 1 aliphatic heterocycles. The Morgan fingerprint density at radius 1 is 1.16 bits per heavy atom. The number of aryl methyl sites for hydroxylation is 1. The van der Waals surface area contributed by atoms with E-state index in [9.17, 15) is 4.79 Å². The Morgan fingerprint density at radius 3 is 2.74 bits per heavy atom. The standard InChI is InChI=1S/C23H24N4O4/c1-14-16(7-9-31-14)19-11-22-24-18-6-8-26(13-17(18)23(28)27(22)25-19)12-15-4-5-20(29-2)21(10-15)30-3/h4-5,7,9-11,25H,6,8,12-13H2,1-3H3. The van der Waals surface area contributed by atoms with Gasteiger partial charge in [0.2, 0.25) is 0 Å². The van der Waals surface area contributed by atoms with Gasteiger partial charge in [-0.2, -0.15) is 0 Å². The number of hydrogen-bond donors (Lipinski definition) is 1. The number of aromatic amines is 1. The average Bonchev–Trinajstić information content (AvgIpc) is 3.40. The van der Waals surface area contributed by atoms with Crippen molar-refractivity contribution in [2.75, 3.05) is 20.8 Å². The van der Waals surface area contributed by atoms with Crippen LogP contribution in [0.2, 0.25) is 0 Å². The first-order valence-electron chi connectivity index (χ1n) is 10.2. The number of fused-ring (bicyclic) bond motifs is 2. The maximum absolute atomic E-state index is 13.2. The lowest BCUT2D eigenvalue weighted by Crippen LogP contribution is -2.36. The normalized spacial score (nSPS) is 14.0. The van der Waals surface area contributed by atoms with Gasteiger partial charge in [-0.1, -0.05) is 6.07 Å². The Hall–Kier alpha value is -3.52. The molecule has 4 aromatic rings. The zero-order chi connectivity index (χ0) is 21.5. The van der Waals surface area contributed by atoms with Gasteiger partial charge in [-0.3, -0.25) is 14.8 Å². The summed E-state index contributed by atoms with van der Waals surface area (Å²) in [6.07, 6.45) is 2.38. The number of H-pyrrole nitrogens is 1. The SMILES string of the molecule is COc1ccc(CN2CCc3nc4cc(-c5ccoc5C)[nH]n4c(=O)c3C2)cc1OC. The molecule has 31 heavy (non-hydrogen) atoms. The van der Waals surface area contributed by atoms with Crippen LogP contribution in [0.3, 0.4) is 0 Å². The predicted molar refractivity (Wildman–Crippen MR) is 116 cm³/mol. The molecule has 0 bridgehead atoms. The summed E-state index contributed by atoms with van der Waals surface area (Å²) in [5, 5.41) is 3.18. The molecule has 5 rings (SSSR count). The minimum absolute atomic E-state index is 0.0515. The number of hydrogen-bond acceptors (Lipinski definition) is 6. The molecule has 0 saturated heterocycles. The summed E-state index contributed by atoms with van der Waals surface area (Å²) in [4.78, 5) is 20.2. The Morgan fingerprint density at radius 2 is 2.00 bits per heavy atom. The molecular weight excluding hydrogens is 396 g/mol. The first-order valence-corrected chi connectivity index (χ1v) is 10.2. The van der Waals surface area contributed by atoms with E-state index in [0.717, 1.165) is 46.8 Å². The summed E-state index contributed by atoms with van der Waals surface area (Å²) in [5.74, 6) is 2.20. The maximum atomic E-state index is 13.2. The lowest BCUT2D eigenvalue weighted by Gasteiger charge is -2.27. The zero-order valence-electron chi connectivity index (χ0n) is 17.8. The first kappa shape index (κ1) is 19.4. The van der Waals surface area contributed by atoms with Crippen molar-refractivity contribution in [3.05, 3.63) is 69.5 Å². The van der Waals surface area contributed by atoms with Gasteiger partial charge in [-0.05, 0) is 30.7 Å². The fourth-order valence-corrected chi connectivity index (χ4v) is 4.21. The van der Waals surface area contributed by atoms with Gasteiger partial charge in [0.25, 0.3) is 5.56 Å². The molecule has 0 unspecified atom stereocenters. The van der Waals surface area contributed by atoms with Crippen molar-refractivity contribution in [2.24, 2.45) is 0 Å². The molecule has 0 radical (unpaired) electrons. The second kappa shape index (κ2) is 7.63. The van der Waals surface area contributed by atoms with E-state index in [0.29, 0.717) is 30.2 Å². The van der Waals surface area contributed by atoms with Crippen molar-refractivity contribution in [2.45, 2.75) is 26.4 Å². The molecule has 1 aliphatic rings. The minimum Gasteiger partial charge on any atom is -0.493 e. The fourth-order valence-electron chi connectivity index (χ4n) is 4.21. The number of nitrogens with zero attached hydrogens (tertiary/aromatic N) is 3. The highest BCUT2D eigenvalue weighted by Gasteiger charge is 2.23. The summed E-state index contributed by atoms with van der Waals surface area (Å²) in [5.41, 5.74) is 5.05. The van der Waals surface area contributed by atoms with Gasteiger partial charge in [0, 0.05) is 37.7 Å². The lowest BCUT2D eigenvalue weighted by molar-refractivity contribution is 0.241. The molecular formula is C23H24N4O4. The molecule has 1 N–H and O–H groups in total. The molecule has 8 nitrogen and oxygen atoms in total. The summed E-state index contributed by atoms with van der Waals surface area (Å²) < 4.78 is 17.7. The lowest BCUT2D eigenvalue weighted by atomic mass is 10.1. The smallest absolute Gasteiger partial charge is 0.277 e. The fraction of sp³-hybridized carbons (Fsp3) is 0.304. The Labute approximate surface area is 179 Å². The molecule has 0 atom stereocenters. The van der Waals surface area contributed by atoms with Crippen LogP contribution in [0, 0.1) is 6.92 Å². The van der Waals surface area contributed by atoms with E-state index in [2.05, 4.69) is 10.00 Å². The number of rotatable bonds is 5. The Bertz CT molecular complexity index is 1320. The highest BCUT2D eigenvalue weighted by atomic mass is 16.5. The highest BCUT2D eigenvalue weighted by molar-refractivity contribution is 5.65. The van der Waals surface area contributed by atoms with Gasteiger partial charge in [0.05, 0.1) is 37.4 Å². The molecule has 1 aromatic carbocycles. The topological polar surface area (TPSA) is 85.0 Å². The van der Waals surface area contributed by atoms with Crippen LogP contribution in [0.1, 0.15) is 22.6 Å². The number of aromatic nitrogens is 3. The van der Waals surface area contributed by atoms with Gasteiger partial charge in [-0.25, -0.2) is 9.50 Å². The van der Waals surface area contributed by atoms with Crippen LogP contribution in [0.25, 0.3) is 16.9 Å². The summed E-state index contributed by atoms with van der Waals surface area (Å²) in [6, 6.07) is 9.69. The van der Waals surface area contributed by atoms with Crippen molar-refractivity contribution in [1.29, 1.82) is 0 Å². The van der Waals surface area contributed by atoms with E-state index in [-0.39, 0.29) is 5.56 Å². The molecule has 160 valence electrons. The number of ether oxygens (including phenoxy) is 2. The minimum atomic E-state index is -0.0515. The van der Waals surface area contributed by atoms with E-state index in [4.69, 9.17) is 18.9 Å². The molecule has 0 saturated carbocycles. The van der Waals surface area contributed by atoms with Crippen LogP contribution < -0.4 is 15.0 Å². The van der Waals surface area contributed by atoms with Crippen molar-refractivity contribution < 1.29 is 13.9 Å². The molecule has 0 aliphatic carbocycles. The molecule has 0 fully saturated rings. The van der Waals surface area contributed by atoms with E-state index in [1.165, 1.54) is 4.52 Å². The predicted octanol–water partition coefficient (Wildman–Crippen LogP) is 3.17. The third kappa shape index (κ3) is 3.38. The molecule has 0 amide bonds.